The van der Waals surface area contributed by atoms with E-state index in [1.807, 2.05) is 6.08 Å². The van der Waals surface area contributed by atoms with Crippen molar-refractivity contribution in [1.82, 2.24) is 0 Å². The van der Waals surface area contributed by atoms with Crippen LogP contribution in [0.2, 0.25) is 0 Å². The van der Waals surface area contributed by atoms with Gasteiger partial charge in [-0.2, -0.15) is 0 Å². The first-order valence-corrected chi connectivity index (χ1v) is 13.0. The van der Waals surface area contributed by atoms with Crippen LogP contribution in [0.25, 0.3) is 0 Å². The molecule has 8 atom stereocenters. The second kappa shape index (κ2) is 8.39. The van der Waals surface area contributed by atoms with Gasteiger partial charge in [0.25, 0.3) is 0 Å². The van der Waals surface area contributed by atoms with E-state index >= 15 is 0 Å². The molecule has 0 bridgehead atoms. The lowest BCUT2D eigenvalue weighted by Crippen LogP contribution is -2.53. The minimum absolute atomic E-state index is 0.124. The highest BCUT2D eigenvalue weighted by Crippen LogP contribution is 2.67. The number of hydrogen-bond acceptors (Lipinski definition) is 2. The Morgan fingerprint density at radius 3 is 2.63 bits per heavy atom. The Bertz CT molecular complexity index is 668. The number of hydrogen-bond donors (Lipinski definition) is 2. The van der Waals surface area contributed by atoms with Gasteiger partial charge in [-0.1, -0.05) is 64.2 Å². The van der Waals surface area contributed by atoms with Gasteiger partial charge in [-0.15, -0.1) is 6.58 Å². The van der Waals surface area contributed by atoms with E-state index in [4.69, 9.17) is 0 Å². The molecule has 3 saturated carbocycles. The van der Waals surface area contributed by atoms with Gasteiger partial charge in [-0.05, 0) is 92.3 Å². The average molecular weight is 415 g/mol. The van der Waals surface area contributed by atoms with E-state index in [1.165, 1.54) is 44.9 Å². The monoisotopic (exact) mass is 414 g/mol. The standard InChI is InChI=1S/C28H46O2/c1-5-7-8-9-16-28(30,6-2)25-13-12-23-22-11-10-20-19-21(29)14-17-26(20,3)24(22)15-18-27(23,25)4/h6,10,21-25,29-30H,2,5,7-9,11-19H2,1,3-4H3/t21-,22?,23?,24?,25?,26-,27-,28-/m0/s1. The van der Waals surface area contributed by atoms with Crippen molar-refractivity contribution >= 4 is 0 Å². The summed E-state index contributed by atoms with van der Waals surface area (Å²) < 4.78 is 0. The molecular formula is C28H46O2. The largest absolute Gasteiger partial charge is 0.393 e. The van der Waals surface area contributed by atoms with Crippen molar-refractivity contribution in [2.75, 3.05) is 0 Å². The molecule has 0 saturated heterocycles. The zero-order valence-corrected chi connectivity index (χ0v) is 19.8. The minimum Gasteiger partial charge on any atom is -0.393 e. The van der Waals surface area contributed by atoms with Crippen molar-refractivity contribution in [3.63, 3.8) is 0 Å². The van der Waals surface area contributed by atoms with Gasteiger partial charge in [0.05, 0.1) is 11.7 Å². The second-order valence-corrected chi connectivity index (χ2v) is 11.8. The van der Waals surface area contributed by atoms with Crippen molar-refractivity contribution in [2.24, 2.45) is 34.5 Å². The first-order valence-electron chi connectivity index (χ1n) is 13.0. The van der Waals surface area contributed by atoms with Crippen LogP contribution in [0.1, 0.15) is 104 Å². The fourth-order valence-corrected chi connectivity index (χ4v) is 8.72. The van der Waals surface area contributed by atoms with Gasteiger partial charge in [0.1, 0.15) is 0 Å². The lowest BCUT2D eigenvalue weighted by Gasteiger charge is -2.59. The summed E-state index contributed by atoms with van der Waals surface area (Å²) in [7, 11) is 0. The highest BCUT2D eigenvalue weighted by atomic mass is 16.3. The average Bonchev–Trinajstić information content (AvgIpc) is 3.09. The molecule has 30 heavy (non-hydrogen) atoms. The Hall–Kier alpha value is -0.600. The normalized spacial score (nSPS) is 45.0. The third kappa shape index (κ3) is 3.54. The van der Waals surface area contributed by atoms with Crippen molar-refractivity contribution in [1.29, 1.82) is 0 Å². The summed E-state index contributed by atoms with van der Waals surface area (Å²) in [5.74, 6) is 2.61. The molecule has 4 unspecified atom stereocenters. The lowest BCUT2D eigenvalue weighted by molar-refractivity contribution is -0.0936. The van der Waals surface area contributed by atoms with Crippen LogP contribution in [0.15, 0.2) is 24.3 Å². The second-order valence-electron chi connectivity index (χ2n) is 11.8. The van der Waals surface area contributed by atoms with Crippen LogP contribution in [0.5, 0.6) is 0 Å². The molecule has 0 amide bonds. The van der Waals surface area contributed by atoms with Crippen LogP contribution in [-0.2, 0) is 0 Å². The van der Waals surface area contributed by atoms with Gasteiger partial charge in [-0.25, -0.2) is 0 Å². The van der Waals surface area contributed by atoms with Gasteiger partial charge < -0.3 is 10.2 Å². The van der Waals surface area contributed by atoms with Gasteiger partial charge in [-0.3, -0.25) is 0 Å². The molecule has 4 rings (SSSR count). The molecular weight excluding hydrogens is 368 g/mol. The van der Waals surface area contributed by atoms with Crippen LogP contribution in [0.3, 0.4) is 0 Å². The summed E-state index contributed by atoms with van der Waals surface area (Å²) in [6, 6.07) is 0. The molecule has 2 nitrogen and oxygen atoms in total. The summed E-state index contributed by atoms with van der Waals surface area (Å²) >= 11 is 0. The Morgan fingerprint density at radius 1 is 1.10 bits per heavy atom. The van der Waals surface area contributed by atoms with E-state index in [0.717, 1.165) is 56.3 Å². The lowest BCUT2D eigenvalue weighted by atomic mass is 9.46. The topological polar surface area (TPSA) is 40.5 Å². The summed E-state index contributed by atoms with van der Waals surface area (Å²) in [4.78, 5) is 0. The number of unbranched alkanes of at least 4 members (excludes halogenated alkanes) is 3. The molecule has 0 radical (unpaired) electrons. The first-order chi connectivity index (χ1) is 14.3. The Labute approximate surface area is 185 Å². The summed E-state index contributed by atoms with van der Waals surface area (Å²) in [6.07, 6.45) is 19.2. The maximum atomic E-state index is 11.7. The van der Waals surface area contributed by atoms with Crippen LogP contribution in [0, 0.1) is 34.5 Å². The van der Waals surface area contributed by atoms with E-state index < -0.39 is 5.60 Å². The smallest absolute Gasteiger partial charge is 0.0858 e. The molecule has 170 valence electrons. The van der Waals surface area contributed by atoms with Crippen molar-refractivity contribution in [3.8, 4) is 0 Å². The predicted octanol–water partition coefficient (Wildman–Crippen LogP) is 6.81. The Morgan fingerprint density at radius 2 is 1.90 bits per heavy atom. The quantitative estimate of drug-likeness (QED) is 0.355. The third-order valence-corrected chi connectivity index (χ3v) is 10.5. The first kappa shape index (κ1) is 22.6. The molecule has 0 aliphatic heterocycles. The number of aliphatic hydroxyl groups excluding tert-OH is 1. The van der Waals surface area contributed by atoms with E-state index in [0.29, 0.717) is 11.3 Å². The van der Waals surface area contributed by atoms with Crippen molar-refractivity contribution < 1.29 is 10.2 Å². The predicted molar refractivity (Wildman–Crippen MR) is 125 cm³/mol. The Balaban J connectivity index is 1.54. The van der Waals surface area contributed by atoms with E-state index in [2.05, 4.69) is 33.4 Å². The molecule has 2 N–H and O–H groups in total. The fourth-order valence-electron chi connectivity index (χ4n) is 8.72. The molecule has 0 aromatic carbocycles. The van der Waals surface area contributed by atoms with Gasteiger partial charge >= 0.3 is 0 Å². The van der Waals surface area contributed by atoms with Crippen LogP contribution < -0.4 is 0 Å². The number of aliphatic hydroxyl groups is 2. The zero-order chi connectivity index (χ0) is 21.6. The zero-order valence-electron chi connectivity index (χ0n) is 19.8. The Kier molecular flexibility index (Phi) is 6.32. The van der Waals surface area contributed by atoms with Gasteiger partial charge in [0, 0.05) is 0 Å². The van der Waals surface area contributed by atoms with Gasteiger partial charge in [0.2, 0.25) is 0 Å². The summed E-state index contributed by atoms with van der Waals surface area (Å²) in [5.41, 5.74) is 1.40. The highest BCUT2D eigenvalue weighted by molar-refractivity contribution is 5.26. The molecule has 4 aliphatic rings. The third-order valence-electron chi connectivity index (χ3n) is 10.5. The molecule has 0 aromatic heterocycles. The summed E-state index contributed by atoms with van der Waals surface area (Å²) in [5, 5.41) is 22.0. The molecule has 4 aliphatic carbocycles. The summed E-state index contributed by atoms with van der Waals surface area (Å²) in [6.45, 7) is 11.4. The highest BCUT2D eigenvalue weighted by Gasteiger charge is 2.61. The molecule has 3 fully saturated rings. The van der Waals surface area contributed by atoms with Crippen molar-refractivity contribution in [3.05, 3.63) is 24.3 Å². The fraction of sp³-hybridized carbons (Fsp3) is 0.857. The van der Waals surface area contributed by atoms with E-state index in [-0.39, 0.29) is 11.5 Å². The number of fused-ring (bicyclic) bond motifs is 5. The molecule has 0 spiro atoms. The maximum Gasteiger partial charge on any atom is 0.0858 e. The maximum absolute atomic E-state index is 11.7. The van der Waals surface area contributed by atoms with Crippen molar-refractivity contribution in [2.45, 2.75) is 116 Å². The van der Waals surface area contributed by atoms with Gasteiger partial charge in [0.15, 0.2) is 0 Å². The number of allylic oxidation sites excluding steroid dienone is 1. The van der Waals surface area contributed by atoms with E-state index in [9.17, 15) is 10.2 Å². The molecule has 0 heterocycles. The molecule has 0 aromatic rings. The molecule has 2 heteroatoms. The van der Waals surface area contributed by atoms with Crippen LogP contribution in [-0.4, -0.2) is 21.9 Å². The SMILES string of the molecule is C=C[C@](O)(CCCCCC)C1CCC2C3CC=C4C[C@@H](O)CC[C@]4(C)C3CC[C@@]21C. The minimum atomic E-state index is -0.696. The number of rotatable bonds is 7. The van der Waals surface area contributed by atoms with Crippen LogP contribution >= 0.6 is 0 Å². The van der Waals surface area contributed by atoms with Crippen LogP contribution in [0.4, 0.5) is 0 Å². The van der Waals surface area contributed by atoms with E-state index in [1.54, 1.807) is 5.57 Å².